The number of hydrogen-bond acceptors (Lipinski definition) is 4. The molecule has 2 amide bonds. The predicted octanol–water partition coefficient (Wildman–Crippen LogP) is 3.40. The molecule has 4 rings (SSSR count). The third kappa shape index (κ3) is 3.20. The van der Waals surface area contributed by atoms with Crippen molar-refractivity contribution in [3.05, 3.63) is 84.7 Å². The van der Waals surface area contributed by atoms with Gasteiger partial charge in [0.2, 0.25) is 0 Å². The van der Waals surface area contributed by atoms with Crippen molar-refractivity contribution in [1.29, 1.82) is 0 Å². The molecule has 1 atom stereocenters. The Kier molecular flexibility index (Phi) is 4.53. The van der Waals surface area contributed by atoms with Crippen LogP contribution in [0.4, 0.5) is 11.4 Å². The lowest BCUT2D eigenvalue weighted by molar-refractivity contribution is -0.145. The average molecular weight is 373 g/mol. The van der Waals surface area contributed by atoms with Gasteiger partial charge in [0.1, 0.15) is 5.75 Å². The van der Waals surface area contributed by atoms with Crippen LogP contribution >= 0.6 is 0 Å². The Balaban J connectivity index is 1.69. The third-order valence-corrected chi connectivity index (χ3v) is 4.66. The van der Waals surface area contributed by atoms with E-state index < -0.39 is 17.4 Å². The summed E-state index contributed by atoms with van der Waals surface area (Å²) >= 11 is 0. The molecule has 0 unspecified atom stereocenters. The summed E-state index contributed by atoms with van der Waals surface area (Å²) in [4.78, 5) is 31.9. The maximum atomic E-state index is 13.4. The second-order valence-corrected chi connectivity index (χ2v) is 6.68. The number of fused-ring (bicyclic) bond motifs is 1. The van der Waals surface area contributed by atoms with E-state index in [0.29, 0.717) is 23.7 Å². The fourth-order valence-corrected chi connectivity index (χ4v) is 3.15. The summed E-state index contributed by atoms with van der Waals surface area (Å²) < 4.78 is 5.91. The van der Waals surface area contributed by atoms with Gasteiger partial charge in [0.05, 0.1) is 24.1 Å². The Hall–Kier alpha value is -3.67. The van der Waals surface area contributed by atoms with Gasteiger partial charge in [0.15, 0.2) is 0 Å². The van der Waals surface area contributed by atoms with Crippen molar-refractivity contribution in [3.8, 4) is 5.75 Å². The number of benzene rings is 2. The molecule has 6 heteroatoms. The van der Waals surface area contributed by atoms with Gasteiger partial charge in [-0.2, -0.15) is 0 Å². The van der Waals surface area contributed by atoms with Gasteiger partial charge in [-0.25, -0.2) is 0 Å². The first kappa shape index (κ1) is 17.7. The van der Waals surface area contributed by atoms with E-state index in [1.807, 2.05) is 48.5 Å². The number of ether oxygens (including phenoxy) is 1. The van der Waals surface area contributed by atoms with Crippen molar-refractivity contribution < 1.29 is 14.3 Å². The van der Waals surface area contributed by atoms with Crippen LogP contribution in [0.5, 0.6) is 5.75 Å². The molecule has 0 saturated carbocycles. The van der Waals surface area contributed by atoms with Crippen LogP contribution in [0, 0.1) is 0 Å². The van der Waals surface area contributed by atoms with Gasteiger partial charge in [0.25, 0.3) is 17.4 Å². The molecule has 0 saturated heterocycles. The normalized spacial score (nSPS) is 18.2. The van der Waals surface area contributed by atoms with Crippen LogP contribution in [0.3, 0.4) is 0 Å². The molecule has 3 aromatic rings. The zero-order valence-electron chi connectivity index (χ0n) is 15.3. The molecule has 0 bridgehead atoms. The molecule has 0 radical (unpaired) electrons. The summed E-state index contributed by atoms with van der Waals surface area (Å²) in [6.07, 6.45) is 3.13. The quantitative estimate of drug-likeness (QED) is 0.712. The monoisotopic (exact) mass is 373 g/mol. The lowest BCUT2D eigenvalue weighted by atomic mass is 9.99. The van der Waals surface area contributed by atoms with Crippen LogP contribution in [0.25, 0.3) is 0 Å². The van der Waals surface area contributed by atoms with Gasteiger partial charge < -0.3 is 15.0 Å². The zero-order chi connectivity index (χ0) is 19.6. The highest BCUT2D eigenvalue weighted by molar-refractivity contribution is 6.19. The maximum Gasteiger partial charge on any atom is 0.281 e. The molecule has 0 fully saturated rings. The minimum atomic E-state index is -1.70. The van der Waals surface area contributed by atoms with Gasteiger partial charge in [-0.15, -0.1) is 0 Å². The van der Waals surface area contributed by atoms with Gasteiger partial charge in [-0.1, -0.05) is 42.5 Å². The highest BCUT2D eigenvalue weighted by Crippen LogP contribution is 2.39. The number of aromatic nitrogens is 1. The molecule has 28 heavy (non-hydrogen) atoms. The largest absolute Gasteiger partial charge is 0.465 e. The highest BCUT2D eigenvalue weighted by Gasteiger charge is 2.50. The average Bonchev–Trinajstić information content (AvgIpc) is 2.73. The number of anilines is 2. The van der Waals surface area contributed by atoms with Crippen LogP contribution in [0.1, 0.15) is 12.5 Å². The molecule has 2 aromatic carbocycles. The second kappa shape index (κ2) is 7.15. The molecule has 1 aromatic heterocycles. The molecule has 1 aliphatic heterocycles. The van der Waals surface area contributed by atoms with E-state index >= 15 is 0 Å². The first-order valence-corrected chi connectivity index (χ1v) is 8.93. The summed E-state index contributed by atoms with van der Waals surface area (Å²) in [6.45, 7) is 1.84. The minimum absolute atomic E-state index is 0.343. The van der Waals surface area contributed by atoms with Crippen molar-refractivity contribution in [2.24, 2.45) is 0 Å². The highest BCUT2D eigenvalue weighted by atomic mass is 16.5. The molecule has 0 spiro atoms. The number of carbonyl (C=O) groups excluding carboxylic acids is 2. The SMILES string of the molecule is C[C@@]1(C(=O)Nc2cccnc2)Oc2ccccc2N(Cc2ccccc2)C1=O. The smallest absolute Gasteiger partial charge is 0.281 e. The molecule has 140 valence electrons. The molecule has 6 nitrogen and oxygen atoms in total. The van der Waals surface area contributed by atoms with Crippen molar-refractivity contribution in [2.45, 2.75) is 19.1 Å². The van der Waals surface area contributed by atoms with E-state index in [-0.39, 0.29) is 0 Å². The third-order valence-electron chi connectivity index (χ3n) is 4.66. The standard InChI is InChI=1S/C22H19N3O3/c1-22(20(26)24-17-10-7-13-23-14-17)21(27)25(15-16-8-3-2-4-9-16)18-11-5-6-12-19(18)28-22/h2-14H,15H2,1H3,(H,24,26)/t22-/m0/s1. The molecular weight excluding hydrogens is 354 g/mol. The van der Waals surface area contributed by atoms with Crippen LogP contribution < -0.4 is 15.0 Å². The Morgan fingerprint density at radius 1 is 1.07 bits per heavy atom. The number of amides is 2. The van der Waals surface area contributed by atoms with Gasteiger partial charge in [0, 0.05) is 6.20 Å². The summed E-state index contributed by atoms with van der Waals surface area (Å²) in [5.74, 6) is -0.476. The number of nitrogens with zero attached hydrogens (tertiary/aromatic N) is 2. The van der Waals surface area contributed by atoms with Crippen LogP contribution in [0.15, 0.2) is 79.1 Å². The van der Waals surface area contributed by atoms with E-state index in [4.69, 9.17) is 4.74 Å². The predicted molar refractivity (Wildman–Crippen MR) is 106 cm³/mol. The summed E-state index contributed by atoms with van der Waals surface area (Å²) in [6, 6.07) is 20.3. The fraction of sp³-hybridized carbons (Fsp3) is 0.136. The van der Waals surface area contributed by atoms with Gasteiger partial charge in [-0.05, 0) is 36.8 Å². The van der Waals surface area contributed by atoms with Crippen molar-refractivity contribution in [2.75, 3.05) is 10.2 Å². The van der Waals surface area contributed by atoms with E-state index in [9.17, 15) is 9.59 Å². The summed E-state index contributed by atoms with van der Waals surface area (Å²) in [5, 5.41) is 2.72. The number of para-hydroxylation sites is 2. The van der Waals surface area contributed by atoms with Crippen molar-refractivity contribution in [1.82, 2.24) is 4.98 Å². The number of hydrogen-bond donors (Lipinski definition) is 1. The second-order valence-electron chi connectivity index (χ2n) is 6.68. The summed E-state index contributed by atoms with van der Waals surface area (Å²) in [7, 11) is 0. The van der Waals surface area contributed by atoms with Crippen LogP contribution in [-0.2, 0) is 16.1 Å². The Labute approximate surface area is 162 Å². The molecule has 0 aliphatic carbocycles. The Bertz CT molecular complexity index is 1010. The summed E-state index contributed by atoms with van der Waals surface area (Å²) in [5.41, 5.74) is 0.406. The maximum absolute atomic E-state index is 13.4. The van der Waals surface area contributed by atoms with E-state index in [0.717, 1.165) is 5.56 Å². The van der Waals surface area contributed by atoms with Gasteiger partial charge in [-0.3, -0.25) is 14.6 Å². The Morgan fingerprint density at radius 3 is 2.57 bits per heavy atom. The Morgan fingerprint density at radius 2 is 1.82 bits per heavy atom. The van der Waals surface area contributed by atoms with E-state index in [2.05, 4.69) is 10.3 Å². The first-order chi connectivity index (χ1) is 13.6. The van der Waals surface area contributed by atoms with Crippen molar-refractivity contribution in [3.63, 3.8) is 0 Å². The topological polar surface area (TPSA) is 71.5 Å². The molecule has 2 heterocycles. The van der Waals surface area contributed by atoms with Gasteiger partial charge >= 0.3 is 0 Å². The van der Waals surface area contributed by atoms with E-state index in [1.165, 1.54) is 13.1 Å². The molecule has 1 N–H and O–H groups in total. The molecule has 1 aliphatic rings. The van der Waals surface area contributed by atoms with Crippen molar-refractivity contribution >= 4 is 23.2 Å². The number of pyridine rings is 1. The number of carbonyl (C=O) groups is 2. The first-order valence-electron chi connectivity index (χ1n) is 8.93. The number of rotatable bonds is 4. The van der Waals surface area contributed by atoms with E-state index in [1.54, 1.807) is 29.3 Å². The zero-order valence-corrected chi connectivity index (χ0v) is 15.3. The van der Waals surface area contributed by atoms with Crippen LogP contribution in [-0.4, -0.2) is 22.4 Å². The minimum Gasteiger partial charge on any atom is -0.465 e. The lowest BCUT2D eigenvalue weighted by Gasteiger charge is -2.39. The number of nitrogens with one attached hydrogen (secondary N) is 1. The lowest BCUT2D eigenvalue weighted by Crippen LogP contribution is -2.60. The van der Waals surface area contributed by atoms with Crippen LogP contribution in [0.2, 0.25) is 0 Å². The molecular formula is C22H19N3O3. The fourth-order valence-electron chi connectivity index (χ4n) is 3.15.